The number of carboxylic acids is 1. The first-order valence-corrected chi connectivity index (χ1v) is 5.24. The lowest BCUT2D eigenvalue weighted by Gasteiger charge is -2.13. The summed E-state index contributed by atoms with van der Waals surface area (Å²) in [6.07, 6.45) is 1.73. The number of rotatable bonds is 8. The predicted octanol–water partition coefficient (Wildman–Crippen LogP) is -0.371. The van der Waals surface area contributed by atoms with Crippen molar-refractivity contribution in [1.82, 2.24) is 5.32 Å². The quantitative estimate of drug-likeness (QED) is 0.557. The Morgan fingerprint density at radius 3 is 2.62 bits per heavy atom. The molecule has 1 rings (SSSR count). The van der Waals surface area contributed by atoms with Crippen LogP contribution in [0.4, 0.5) is 0 Å². The minimum Gasteiger partial charge on any atom is -0.480 e. The summed E-state index contributed by atoms with van der Waals surface area (Å²) >= 11 is 0. The topological polar surface area (TPSA) is 84.9 Å². The third-order valence-corrected chi connectivity index (χ3v) is 2.34. The molecule has 1 aliphatic rings. The lowest BCUT2D eigenvalue weighted by molar-refractivity contribution is -0.143. The lowest BCUT2D eigenvalue weighted by atomic mass is 10.2. The van der Waals surface area contributed by atoms with Crippen LogP contribution in [-0.2, 0) is 19.1 Å². The number of amides is 1. The molecule has 2 N–H and O–H groups in total. The molecule has 6 heteroatoms. The highest BCUT2D eigenvalue weighted by Gasteiger charge is 2.37. The molecule has 0 heterocycles. The largest absolute Gasteiger partial charge is 0.480 e. The summed E-state index contributed by atoms with van der Waals surface area (Å²) in [5.74, 6) is -1.29. The van der Waals surface area contributed by atoms with Gasteiger partial charge >= 0.3 is 5.97 Å². The Morgan fingerprint density at radius 2 is 2.12 bits per heavy atom. The molecular formula is C10H17NO5. The second-order valence-electron chi connectivity index (χ2n) is 3.77. The van der Waals surface area contributed by atoms with Crippen LogP contribution < -0.4 is 5.32 Å². The molecule has 92 valence electrons. The Balaban J connectivity index is 2.18. The summed E-state index contributed by atoms with van der Waals surface area (Å²) in [7, 11) is 1.54. The van der Waals surface area contributed by atoms with Crippen molar-refractivity contribution in [1.29, 1.82) is 0 Å². The van der Waals surface area contributed by atoms with Crippen molar-refractivity contribution in [3.63, 3.8) is 0 Å². The summed E-state index contributed by atoms with van der Waals surface area (Å²) < 4.78 is 9.73. The number of hydrogen-bond acceptors (Lipinski definition) is 4. The van der Waals surface area contributed by atoms with Crippen LogP contribution in [0.3, 0.4) is 0 Å². The first-order chi connectivity index (χ1) is 7.65. The van der Waals surface area contributed by atoms with Crippen LogP contribution >= 0.6 is 0 Å². The summed E-state index contributed by atoms with van der Waals surface area (Å²) in [6.45, 7) is 0.614. The van der Waals surface area contributed by atoms with E-state index in [1.165, 1.54) is 7.11 Å². The summed E-state index contributed by atoms with van der Waals surface area (Å²) in [6, 6.07) is -0.765. The molecular weight excluding hydrogens is 214 g/mol. The van der Waals surface area contributed by atoms with Gasteiger partial charge in [0.25, 0.3) is 0 Å². The Hall–Kier alpha value is -1.14. The third kappa shape index (κ3) is 4.59. The van der Waals surface area contributed by atoms with E-state index >= 15 is 0 Å². The smallest absolute Gasteiger partial charge is 0.326 e. The zero-order valence-electron chi connectivity index (χ0n) is 9.27. The number of carbonyl (C=O) groups excluding carboxylic acids is 1. The van der Waals surface area contributed by atoms with Crippen molar-refractivity contribution < 1.29 is 24.2 Å². The molecule has 1 atom stereocenters. The summed E-state index contributed by atoms with van der Waals surface area (Å²) in [5.41, 5.74) is 0. The second-order valence-corrected chi connectivity index (χ2v) is 3.77. The number of methoxy groups -OCH3 is 1. The van der Waals surface area contributed by atoms with E-state index in [-0.39, 0.29) is 12.5 Å². The molecule has 0 aromatic heterocycles. The van der Waals surface area contributed by atoms with E-state index in [9.17, 15) is 9.59 Å². The van der Waals surface area contributed by atoms with Gasteiger partial charge in [-0.05, 0) is 18.8 Å². The molecule has 1 unspecified atom stereocenters. The van der Waals surface area contributed by atoms with Crippen molar-refractivity contribution in [3.05, 3.63) is 0 Å². The van der Waals surface area contributed by atoms with Gasteiger partial charge in [-0.1, -0.05) is 0 Å². The first-order valence-electron chi connectivity index (χ1n) is 5.24. The van der Waals surface area contributed by atoms with Gasteiger partial charge in [0, 0.05) is 7.11 Å². The maximum absolute atomic E-state index is 11.3. The van der Waals surface area contributed by atoms with Gasteiger partial charge in [-0.25, -0.2) is 4.79 Å². The number of aliphatic carboxylic acids is 1. The van der Waals surface area contributed by atoms with Gasteiger partial charge in [0.05, 0.1) is 13.2 Å². The fraction of sp³-hybridized carbons (Fsp3) is 0.800. The second kappa shape index (κ2) is 6.44. The number of carboxylic acid groups (broad SMARTS) is 1. The van der Waals surface area contributed by atoms with Crippen molar-refractivity contribution in [2.45, 2.75) is 18.9 Å². The molecule has 6 nitrogen and oxygen atoms in total. The molecule has 0 bridgehead atoms. The van der Waals surface area contributed by atoms with Crippen LogP contribution in [0.1, 0.15) is 12.8 Å². The lowest BCUT2D eigenvalue weighted by Crippen LogP contribution is -2.44. The minimum atomic E-state index is -0.979. The highest BCUT2D eigenvalue weighted by molar-refractivity contribution is 5.84. The minimum absolute atomic E-state index is 0.0837. The van der Waals surface area contributed by atoms with Gasteiger partial charge in [-0.15, -0.1) is 0 Å². The maximum atomic E-state index is 11.3. The maximum Gasteiger partial charge on any atom is 0.326 e. The molecule has 0 aliphatic heterocycles. The van der Waals surface area contributed by atoms with E-state index in [1.807, 2.05) is 0 Å². The van der Waals surface area contributed by atoms with Crippen molar-refractivity contribution in [2.24, 2.45) is 5.92 Å². The van der Waals surface area contributed by atoms with E-state index in [4.69, 9.17) is 14.6 Å². The Bertz CT molecular complexity index is 252. The van der Waals surface area contributed by atoms with Crippen LogP contribution in [0.5, 0.6) is 0 Å². The monoisotopic (exact) mass is 231 g/mol. The van der Waals surface area contributed by atoms with Gasteiger partial charge < -0.3 is 19.9 Å². The zero-order chi connectivity index (χ0) is 12.0. The van der Waals surface area contributed by atoms with E-state index in [1.54, 1.807) is 0 Å². The molecule has 1 aliphatic carbocycles. The Morgan fingerprint density at radius 1 is 1.44 bits per heavy atom. The van der Waals surface area contributed by atoms with Gasteiger partial charge in [-0.3, -0.25) is 4.79 Å². The molecule has 16 heavy (non-hydrogen) atoms. The molecule has 1 amide bonds. The summed E-state index contributed by atoms with van der Waals surface area (Å²) in [4.78, 5) is 22.1. The highest BCUT2D eigenvalue weighted by Crippen LogP contribution is 2.32. The SMILES string of the molecule is COCCOCC(=O)NC(C(=O)O)C1CC1. The number of carbonyl (C=O) groups is 2. The van der Waals surface area contributed by atoms with E-state index < -0.39 is 17.9 Å². The van der Waals surface area contributed by atoms with Gasteiger partial charge in [0.15, 0.2) is 0 Å². The number of hydrogen-bond donors (Lipinski definition) is 2. The molecule has 0 spiro atoms. The van der Waals surface area contributed by atoms with Crippen LogP contribution in [0.15, 0.2) is 0 Å². The first kappa shape index (κ1) is 12.9. The zero-order valence-corrected chi connectivity index (χ0v) is 9.27. The summed E-state index contributed by atoms with van der Waals surface area (Å²) in [5, 5.41) is 11.3. The Kier molecular flexibility index (Phi) is 5.21. The van der Waals surface area contributed by atoms with E-state index in [0.29, 0.717) is 13.2 Å². The molecule has 0 saturated heterocycles. The fourth-order valence-electron chi connectivity index (χ4n) is 1.33. The standard InChI is InChI=1S/C10H17NO5/c1-15-4-5-16-6-8(12)11-9(10(13)14)7-2-3-7/h7,9H,2-6H2,1H3,(H,11,12)(H,13,14). The Labute approximate surface area is 93.9 Å². The molecule has 0 aromatic carbocycles. The van der Waals surface area contributed by atoms with Crippen molar-refractivity contribution >= 4 is 11.9 Å². The number of nitrogens with one attached hydrogen (secondary N) is 1. The van der Waals surface area contributed by atoms with Crippen molar-refractivity contribution in [3.8, 4) is 0 Å². The highest BCUT2D eigenvalue weighted by atomic mass is 16.5. The van der Waals surface area contributed by atoms with Gasteiger partial charge in [0.2, 0.25) is 5.91 Å². The molecule has 1 saturated carbocycles. The van der Waals surface area contributed by atoms with Crippen molar-refractivity contribution in [2.75, 3.05) is 26.9 Å². The van der Waals surface area contributed by atoms with E-state index in [0.717, 1.165) is 12.8 Å². The van der Waals surface area contributed by atoms with Crippen LogP contribution in [-0.4, -0.2) is 50.0 Å². The fourth-order valence-corrected chi connectivity index (χ4v) is 1.33. The average Bonchev–Trinajstić information content (AvgIpc) is 3.04. The molecule has 0 aromatic rings. The number of ether oxygens (including phenoxy) is 2. The molecule has 0 radical (unpaired) electrons. The van der Waals surface area contributed by atoms with Gasteiger partial charge in [0.1, 0.15) is 12.6 Å². The average molecular weight is 231 g/mol. The molecule has 1 fully saturated rings. The van der Waals surface area contributed by atoms with Gasteiger partial charge in [-0.2, -0.15) is 0 Å². The normalized spacial score (nSPS) is 16.8. The van der Waals surface area contributed by atoms with Crippen LogP contribution in [0.25, 0.3) is 0 Å². The third-order valence-electron chi connectivity index (χ3n) is 2.34. The van der Waals surface area contributed by atoms with Crippen LogP contribution in [0.2, 0.25) is 0 Å². The van der Waals surface area contributed by atoms with E-state index in [2.05, 4.69) is 5.32 Å². The predicted molar refractivity (Wildman–Crippen MR) is 55.0 cm³/mol. The van der Waals surface area contributed by atoms with Crippen LogP contribution in [0, 0.1) is 5.92 Å².